The number of carbonyl (C=O) groups is 2. The number of nitrogens with one attached hydrogen (secondary N) is 1. The largest absolute Gasteiger partial charge is 0.478 e. The molecule has 2 aromatic carbocycles. The van der Waals surface area contributed by atoms with Crippen LogP contribution >= 0.6 is 0 Å². The lowest BCUT2D eigenvalue weighted by molar-refractivity contribution is -0.384. The minimum Gasteiger partial charge on any atom is -0.478 e. The van der Waals surface area contributed by atoms with Gasteiger partial charge in [0.15, 0.2) is 0 Å². The summed E-state index contributed by atoms with van der Waals surface area (Å²) in [6.07, 6.45) is 1.52. The molecule has 2 N–H and O–H groups in total. The highest BCUT2D eigenvalue weighted by Crippen LogP contribution is 2.17. The summed E-state index contributed by atoms with van der Waals surface area (Å²) >= 11 is 0. The molecule has 0 fully saturated rings. The van der Waals surface area contributed by atoms with Crippen molar-refractivity contribution in [2.75, 3.05) is 5.32 Å². The molecular weight excluding hydrogens is 312 g/mol. The number of nitrogens with zero attached hydrogens (tertiary/aromatic N) is 1. The number of nitro benzene ring substituents is 1. The van der Waals surface area contributed by atoms with Crippen molar-refractivity contribution in [2.45, 2.75) is 6.92 Å². The third-order valence-corrected chi connectivity index (χ3v) is 3.19. The Hall–Kier alpha value is -3.48. The maximum atomic E-state index is 12.2. The smallest absolute Gasteiger partial charge is 0.335 e. The molecule has 0 aliphatic rings. The molecule has 0 radical (unpaired) electrons. The van der Waals surface area contributed by atoms with Crippen LogP contribution in [0.25, 0.3) is 6.08 Å². The average molecular weight is 326 g/mol. The zero-order valence-electron chi connectivity index (χ0n) is 12.7. The van der Waals surface area contributed by atoms with Gasteiger partial charge >= 0.3 is 5.97 Å². The minimum atomic E-state index is -1.09. The van der Waals surface area contributed by atoms with E-state index >= 15 is 0 Å². The molecule has 7 heteroatoms. The van der Waals surface area contributed by atoms with E-state index in [9.17, 15) is 19.7 Å². The van der Waals surface area contributed by atoms with Gasteiger partial charge in [0.1, 0.15) is 0 Å². The van der Waals surface area contributed by atoms with Crippen molar-refractivity contribution >= 4 is 29.3 Å². The van der Waals surface area contributed by atoms with Gasteiger partial charge in [-0.2, -0.15) is 0 Å². The quantitative estimate of drug-likeness (QED) is 0.497. The third-order valence-electron chi connectivity index (χ3n) is 3.19. The van der Waals surface area contributed by atoms with E-state index in [2.05, 4.69) is 5.32 Å². The lowest BCUT2D eigenvalue weighted by Crippen LogP contribution is -2.13. The number of benzene rings is 2. The Bertz CT molecular complexity index is 842. The summed E-state index contributed by atoms with van der Waals surface area (Å²) in [6, 6.07) is 11.8. The van der Waals surface area contributed by atoms with Gasteiger partial charge in [0, 0.05) is 23.4 Å². The molecule has 0 spiro atoms. The summed E-state index contributed by atoms with van der Waals surface area (Å²) in [6.45, 7) is 1.56. The van der Waals surface area contributed by atoms with Crippen LogP contribution in [0.15, 0.2) is 54.1 Å². The molecule has 2 aromatic rings. The van der Waals surface area contributed by atoms with Crippen LogP contribution in [0.4, 0.5) is 11.4 Å². The number of hydrogen-bond acceptors (Lipinski definition) is 4. The van der Waals surface area contributed by atoms with Crippen molar-refractivity contribution in [3.05, 3.63) is 75.3 Å². The molecule has 0 aliphatic carbocycles. The van der Waals surface area contributed by atoms with E-state index in [-0.39, 0.29) is 11.3 Å². The number of amides is 1. The fourth-order valence-corrected chi connectivity index (χ4v) is 2.00. The van der Waals surface area contributed by atoms with Crippen LogP contribution in [0.3, 0.4) is 0 Å². The van der Waals surface area contributed by atoms with Crippen LogP contribution < -0.4 is 5.32 Å². The molecule has 122 valence electrons. The minimum absolute atomic E-state index is 0.0631. The van der Waals surface area contributed by atoms with Crippen molar-refractivity contribution in [1.29, 1.82) is 0 Å². The number of carboxylic acids is 1. The molecule has 2 rings (SSSR count). The summed E-state index contributed by atoms with van der Waals surface area (Å²) in [5, 5.41) is 22.3. The monoisotopic (exact) mass is 326 g/mol. The fraction of sp³-hybridized carbons (Fsp3) is 0.0588. The number of hydrogen-bond donors (Lipinski definition) is 2. The van der Waals surface area contributed by atoms with Gasteiger partial charge < -0.3 is 10.4 Å². The predicted octanol–water partition coefficient (Wildman–Crippen LogP) is 3.34. The van der Waals surface area contributed by atoms with E-state index < -0.39 is 16.8 Å². The van der Waals surface area contributed by atoms with Crippen molar-refractivity contribution < 1.29 is 19.6 Å². The first-order valence-corrected chi connectivity index (χ1v) is 6.94. The summed E-state index contributed by atoms with van der Waals surface area (Å²) in [7, 11) is 0. The molecule has 0 saturated carbocycles. The summed E-state index contributed by atoms with van der Waals surface area (Å²) in [4.78, 5) is 33.3. The fourth-order valence-electron chi connectivity index (χ4n) is 2.00. The van der Waals surface area contributed by atoms with Gasteiger partial charge in [-0.05, 0) is 36.8 Å². The van der Waals surface area contributed by atoms with E-state index in [4.69, 9.17) is 5.11 Å². The number of aromatic carboxylic acids is 1. The van der Waals surface area contributed by atoms with Crippen LogP contribution in [-0.2, 0) is 4.79 Å². The third kappa shape index (κ3) is 4.26. The van der Waals surface area contributed by atoms with Crippen LogP contribution in [0.5, 0.6) is 0 Å². The first-order chi connectivity index (χ1) is 11.4. The van der Waals surface area contributed by atoms with Gasteiger partial charge in [-0.25, -0.2) is 4.79 Å². The number of non-ortho nitro benzene ring substituents is 1. The zero-order chi connectivity index (χ0) is 17.7. The van der Waals surface area contributed by atoms with Gasteiger partial charge in [-0.3, -0.25) is 14.9 Å². The Balaban J connectivity index is 2.17. The molecule has 0 atom stereocenters. The Morgan fingerprint density at radius 1 is 1.17 bits per heavy atom. The Morgan fingerprint density at radius 3 is 2.54 bits per heavy atom. The van der Waals surface area contributed by atoms with E-state index in [1.165, 1.54) is 42.5 Å². The van der Waals surface area contributed by atoms with Crippen molar-refractivity contribution in [3.63, 3.8) is 0 Å². The molecule has 1 amide bonds. The predicted molar refractivity (Wildman–Crippen MR) is 88.8 cm³/mol. The van der Waals surface area contributed by atoms with Crippen LogP contribution in [0.2, 0.25) is 0 Å². The van der Waals surface area contributed by atoms with Crippen LogP contribution in [-0.4, -0.2) is 21.9 Å². The van der Waals surface area contributed by atoms with Crippen LogP contribution in [0, 0.1) is 10.1 Å². The summed E-state index contributed by atoms with van der Waals surface area (Å²) in [5.41, 5.74) is 1.21. The lowest BCUT2D eigenvalue weighted by Gasteiger charge is -2.06. The van der Waals surface area contributed by atoms with Crippen molar-refractivity contribution in [2.24, 2.45) is 0 Å². The molecule has 24 heavy (non-hydrogen) atoms. The molecule has 0 aliphatic heterocycles. The SMILES string of the molecule is C/C(=C\c1cccc([N+](=O)[O-])c1)C(=O)Nc1cccc(C(=O)O)c1. The second kappa shape index (κ2) is 7.19. The van der Waals surface area contributed by atoms with E-state index in [1.807, 2.05) is 0 Å². The number of carbonyl (C=O) groups excluding carboxylic acids is 1. The number of carboxylic acid groups (broad SMARTS) is 1. The van der Waals surface area contributed by atoms with Crippen molar-refractivity contribution in [1.82, 2.24) is 0 Å². The average Bonchev–Trinajstić information content (AvgIpc) is 2.55. The topological polar surface area (TPSA) is 110 Å². The Morgan fingerprint density at radius 2 is 1.88 bits per heavy atom. The second-order valence-electron chi connectivity index (χ2n) is 5.02. The first kappa shape index (κ1) is 16.9. The molecule has 0 saturated heterocycles. The highest BCUT2D eigenvalue weighted by atomic mass is 16.6. The van der Waals surface area contributed by atoms with Gasteiger partial charge in [0.25, 0.3) is 11.6 Å². The number of anilines is 1. The zero-order valence-corrected chi connectivity index (χ0v) is 12.7. The van der Waals surface area contributed by atoms with Crippen molar-refractivity contribution in [3.8, 4) is 0 Å². The van der Waals surface area contributed by atoms with E-state index in [0.717, 1.165) is 0 Å². The van der Waals surface area contributed by atoms with Crippen LogP contribution in [0.1, 0.15) is 22.8 Å². The maximum absolute atomic E-state index is 12.2. The van der Waals surface area contributed by atoms with E-state index in [1.54, 1.807) is 19.1 Å². The standard InChI is InChI=1S/C17H14N2O5/c1-11(8-12-4-2-7-15(9-12)19(23)24)16(20)18-14-6-3-5-13(10-14)17(21)22/h2-10H,1H3,(H,18,20)(H,21,22)/b11-8+. The lowest BCUT2D eigenvalue weighted by atomic mass is 10.1. The van der Waals surface area contributed by atoms with Gasteiger partial charge in [-0.15, -0.1) is 0 Å². The van der Waals surface area contributed by atoms with E-state index in [0.29, 0.717) is 16.8 Å². The molecule has 0 unspecified atom stereocenters. The molecular formula is C17H14N2O5. The van der Waals surface area contributed by atoms with Gasteiger partial charge in [0.05, 0.1) is 10.5 Å². The number of rotatable bonds is 5. The van der Waals surface area contributed by atoms with Gasteiger partial charge in [0.2, 0.25) is 0 Å². The highest BCUT2D eigenvalue weighted by Gasteiger charge is 2.09. The summed E-state index contributed by atoms with van der Waals surface area (Å²) in [5.74, 6) is -1.51. The molecule has 7 nitrogen and oxygen atoms in total. The Kier molecular flexibility index (Phi) is 5.06. The second-order valence-corrected chi connectivity index (χ2v) is 5.02. The number of nitro groups is 1. The molecule has 0 bridgehead atoms. The first-order valence-electron chi connectivity index (χ1n) is 6.94. The Labute approximate surface area is 137 Å². The summed E-state index contributed by atoms with van der Waals surface area (Å²) < 4.78 is 0. The highest BCUT2D eigenvalue weighted by molar-refractivity contribution is 6.06. The maximum Gasteiger partial charge on any atom is 0.335 e. The molecule has 0 heterocycles. The normalized spacial score (nSPS) is 11.0. The van der Waals surface area contributed by atoms with Gasteiger partial charge in [-0.1, -0.05) is 18.2 Å². The molecule has 0 aromatic heterocycles.